The number of rotatable bonds is 3. The average Bonchev–Trinajstić information content (AvgIpc) is 3.07. The van der Waals surface area contributed by atoms with Gasteiger partial charge in [0.15, 0.2) is 0 Å². The first-order valence-corrected chi connectivity index (χ1v) is 7.76. The number of likely N-dealkylation sites (tertiary alicyclic amines) is 1. The first-order chi connectivity index (χ1) is 9.66. The summed E-state index contributed by atoms with van der Waals surface area (Å²) in [5, 5.41) is 0. The minimum absolute atomic E-state index is 0. The van der Waals surface area contributed by atoms with E-state index >= 15 is 0 Å². The molecular formula is C17H25ClN2O. The third-order valence-corrected chi connectivity index (χ3v) is 5.15. The van der Waals surface area contributed by atoms with Crippen LogP contribution in [0.2, 0.25) is 0 Å². The first kappa shape index (κ1) is 16.3. The smallest absolute Gasteiger partial charge is 0.227 e. The lowest BCUT2D eigenvalue weighted by Gasteiger charge is -2.26. The zero-order valence-corrected chi connectivity index (χ0v) is 13.4. The van der Waals surface area contributed by atoms with Crippen molar-refractivity contribution in [2.24, 2.45) is 23.5 Å². The fourth-order valence-electron chi connectivity index (χ4n) is 3.82. The van der Waals surface area contributed by atoms with Crippen molar-refractivity contribution in [3.8, 4) is 0 Å². The topological polar surface area (TPSA) is 46.3 Å². The van der Waals surface area contributed by atoms with E-state index in [1.807, 2.05) is 37.3 Å². The van der Waals surface area contributed by atoms with Crippen LogP contribution >= 0.6 is 12.4 Å². The summed E-state index contributed by atoms with van der Waals surface area (Å²) in [4.78, 5) is 14.7. The molecule has 1 saturated carbocycles. The molecule has 2 N–H and O–H groups in total. The van der Waals surface area contributed by atoms with E-state index in [4.69, 9.17) is 5.73 Å². The molecule has 1 amide bonds. The van der Waals surface area contributed by atoms with Crippen molar-refractivity contribution in [2.45, 2.75) is 32.2 Å². The molecule has 1 aliphatic heterocycles. The molecule has 0 radical (unpaired) electrons. The molecule has 1 heterocycles. The lowest BCUT2D eigenvalue weighted by atomic mass is 9.94. The Labute approximate surface area is 133 Å². The van der Waals surface area contributed by atoms with Crippen LogP contribution in [-0.4, -0.2) is 23.9 Å². The van der Waals surface area contributed by atoms with Gasteiger partial charge in [-0.2, -0.15) is 0 Å². The van der Waals surface area contributed by atoms with Gasteiger partial charge in [0, 0.05) is 19.1 Å². The van der Waals surface area contributed by atoms with Gasteiger partial charge in [0.2, 0.25) is 5.91 Å². The lowest BCUT2D eigenvalue weighted by molar-refractivity contribution is -0.134. The van der Waals surface area contributed by atoms with Gasteiger partial charge in [0.1, 0.15) is 0 Å². The highest BCUT2D eigenvalue weighted by Gasteiger charge is 2.39. The number of benzene rings is 1. The predicted octanol–water partition coefficient (Wildman–Crippen LogP) is 3.00. The maximum absolute atomic E-state index is 12.6. The van der Waals surface area contributed by atoms with Gasteiger partial charge in [-0.3, -0.25) is 4.79 Å². The highest BCUT2D eigenvalue weighted by atomic mass is 35.5. The Kier molecular flexibility index (Phi) is 5.28. The highest BCUT2D eigenvalue weighted by molar-refractivity contribution is 5.85. The largest absolute Gasteiger partial charge is 0.342 e. The zero-order chi connectivity index (χ0) is 14.1. The van der Waals surface area contributed by atoms with Crippen LogP contribution in [0, 0.1) is 17.8 Å². The van der Waals surface area contributed by atoms with Crippen LogP contribution in [0.5, 0.6) is 0 Å². The minimum Gasteiger partial charge on any atom is -0.342 e. The number of nitrogens with zero attached hydrogens (tertiary/aromatic N) is 1. The summed E-state index contributed by atoms with van der Waals surface area (Å²) in [7, 11) is 0. The van der Waals surface area contributed by atoms with Gasteiger partial charge in [0.05, 0.1) is 5.92 Å². The molecule has 3 nitrogen and oxygen atoms in total. The number of carbonyl (C=O) groups excluding carboxylic acids is 1. The van der Waals surface area contributed by atoms with E-state index in [0.717, 1.165) is 30.5 Å². The van der Waals surface area contributed by atoms with Crippen LogP contribution < -0.4 is 5.73 Å². The molecule has 4 heteroatoms. The standard InChI is InChI=1S/C17H24N2O.ClH/c1-12(16(18)13-6-3-2-4-7-13)17(20)19-10-14-8-5-9-15(14)11-19;/h2-4,6-7,12,14-16H,5,8-11,18H2,1H3;1H. The molecule has 2 fully saturated rings. The van der Waals surface area contributed by atoms with Gasteiger partial charge in [0.25, 0.3) is 0 Å². The molecule has 1 aromatic carbocycles. The van der Waals surface area contributed by atoms with Crippen molar-refractivity contribution in [3.63, 3.8) is 0 Å². The number of nitrogens with two attached hydrogens (primary N) is 1. The van der Waals surface area contributed by atoms with Gasteiger partial charge in [-0.15, -0.1) is 12.4 Å². The Bertz CT molecular complexity index is 467. The first-order valence-electron chi connectivity index (χ1n) is 7.76. The van der Waals surface area contributed by atoms with Crippen molar-refractivity contribution >= 4 is 18.3 Å². The van der Waals surface area contributed by atoms with Crippen LogP contribution in [0.4, 0.5) is 0 Å². The third kappa shape index (κ3) is 3.24. The van der Waals surface area contributed by atoms with Crippen molar-refractivity contribution in [1.29, 1.82) is 0 Å². The van der Waals surface area contributed by atoms with Gasteiger partial charge in [-0.25, -0.2) is 0 Å². The summed E-state index contributed by atoms with van der Waals surface area (Å²) >= 11 is 0. The summed E-state index contributed by atoms with van der Waals surface area (Å²) in [6.07, 6.45) is 3.94. The summed E-state index contributed by atoms with van der Waals surface area (Å²) in [5.74, 6) is 1.59. The van der Waals surface area contributed by atoms with Gasteiger partial charge >= 0.3 is 0 Å². The lowest BCUT2D eigenvalue weighted by Crippen LogP contribution is -2.38. The molecule has 1 saturated heterocycles. The fourth-order valence-corrected chi connectivity index (χ4v) is 3.82. The maximum Gasteiger partial charge on any atom is 0.227 e. The zero-order valence-electron chi connectivity index (χ0n) is 12.6. The molecule has 116 valence electrons. The molecule has 4 unspecified atom stereocenters. The van der Waals surface area contributed by atoms with E-state index < -0.39 is 0 Å². The maximum atomic E-state index is 12.6. The van der Waals surface area contributed by atoms with Crippen molar-refractivity contribution in [3.05, 3.63) is 35.9 Å². The molecule has 21 heavy (non-hydrogen) atoms. The second kappa shape index (κ2) is 6.80. The average molecular weight is 309 g/mol. The fraction of sp³-hybridized carbons (Fsp3) is 0.588. The quantitative estimate of drug-likeness (QED) is 0.933. The van der Waals surface area contributed by atoms with Crippen LogP contribution in [-0.2, 0) is 4.79 Å². The van der Waals surface area contributed by atoms with E-state index in [2.05, 4.69) is 4.90 Å². The SMILES string of the molecule is CC(C(=O)N1CC2CCCC2C1)C(N)c1ccccc1.Cl. The summed E-state index contributed by atoms with van der Waals surface area (Å²) in [6, 6.07) is 9.74. The van der Waals surface area contributed by atoms with Crippen LogP contribution in [0.3, 0.4) is 0 Å². The number of carbonyl (C=O) groups is 1. The summed E-state index contributed by atoms with van der Waals surface area (Å²) in [6.45, 7) is 3.87. The van der Waals surface area contributed by atoms with E-state index in [-0.39, 0.29) is 30.3 Å². The van der Waals surface area contributed by atoms with Crippen molar-refractivity contribution in [2.75, 3.05) is 13.1 Å². The molecule has 3 rings (SSSR count). The Morgan fingerprint density at radius 2 is 1.76 bits per heavy atom. The minimum atomic E-state index is -0.204. The molecule has 2 aliphatic rings. The number of hydrogen-bond donors (Lipinski definition) is 1. The Balaban J connectivity index is 0.00000161. The van der Waals surface area contributed by atoms with E-state index in [1.54, 1.807) is 0 Å². The molecule has 0 aromatic heterocycles. The number of halogens is 1. The number of amides is 1. The van der Waals surface area contributed by atoms with E-state index in [1.165, 1.54) is 19.3 Å². The summed E-state index contributed by atoms with van der Waals surface area (Å²) in [5.41, 5.74) is 7.32. The highest BCUT2D eigenvalue weighted by Crippen LogP contribution is 2.38. The van der Waals surface area contributed by atoms with Gasteiger partial charge in [-0.05, 0) is 30.2 Å². The molecule has 1 aliphatic carbocycles. The Morgan fingerprint density at radius 1 is 1.19 bits per heavy atom. The Hall–Kier alpha value is -1.06. The number of fused-ring (bicyclic) bond motifs is 1. The molecule has 0 spiro atoms. The predicted molar refractivity (Wildman–Crippen MR) is 87.2 cm³/mol. The van der Waals surface area contributed by atoms with Crippen molar-refractivity contribution < 1.29 is 4.79 Å². The molecule has 4 atom stereocenters. The van der Waals surface area contributed by atoms with Crippen LogP contribution in [0.1, 0.15) is 37.8 Å². The monoisotopic (exact) mass is 308 g/mol. The van der Waals surface area contributed by atoms with Gasteiger partial charge in [-0.1, -0.05) is 43.7 Å². The third-order valence-electron chi connectivity index (χ3n) is 5.15. The van der Waals surface area contributed by atoms with Crippen LogP contribution in [0.15, 0.2) is 30.3 Å². The van der Waals surface area contributed by atoms with E-state index in [0.29, 0.717) is 0 Å². The second-order valence-electron chi connectivity index (χ2n) is 6.42. The van der Waals surface area contributed by atoms with Gasteiger partial charge < -0.3 is 10.6 Å². The summed E-state index contributed by atoms with van der Waals surface area (Å²) < 4.78 is 0. The second-order valence-corrected chi connectivity index (χ2v) is 6.42. The van der Waals surface area contributed by atoms with E-state index in [9.17, 15) is 4.79 Å². The molecular weight excluding hydrogens is 284 g/mol. The molecule has 0 bridgehead atoms. The number of hydrogen-bond acceptors (Lipinski definition) is 2. The normalized spacial score (nSPS) is 26.9. The van der Waals surface area contributed by atoms with Crippen LogP contribution in [0.25, 0.3) is 0 Å². The van der Waals surface area contributed by atoms with Crippen molar-refractivity contribution in [1.82, 2.24) is 4.90 Å². The molecule has 1 aromatic rings. The Morgan fingerprint density at radius 3 is 2.33 bits per heavy atom.